The molecule has 0 aromatic heterocycles. The summed E-state index contributed by atoms with van der Waals surface area (Å²) in [5.41, 5.74) is -0.127. The Morgan fingerprint density at radius 3 is 2.60 bits per heavy atom. The SMILES string of the molecule is CCC(C)(C)C(=O)OC(C)OCC1(C)CC2CCC1C2. The van der Waals surface area contributed by atoms with Crippen molar-refractivity contribution in [1.82, 2.24) is 0 Å². The predicted octanol–water partition coefficient (Wildman–Crippen LogP) is 4.15. The normalized spacial score (nSPS) is 34.2. The van der Waals surface area contributed by atoms with Gasteiger partial charge in [-0.15, -0.1) is 0 Å². The van der Waals surface area contributed by atoms with E-state index in [4.69, 9.17) is 9.47 Å². The minimum absolute atomic E-state index is 0.161. The Bertz CT molecular complexity index is 363. The topological polar surface area (TPSA) is 35.5 Å². The van der Waals surface area contributed by atoms with Crippen molar-refractivity contribution in [2.24, 2.45) is 22.7 Å². The van der Waals surface area contributed by atoms with Gasteiger partial charge in [-0.1, -0.05) is 20.3 Å². The van der Waals surface area contributed by atoms with Crippen LogP contribution >= 0.6 is 0 Å². The van der Waals surface area contributed by atoms with Crippen molar-refractivity contribution in [3.8, 4) is 0 Å². The Labute approximate surface area is 123 Å². The number of carbonyl (C=O) groups is 1. The molecule has 0 saturated heterocycles. The Morgan fingerprint density at radius 2 is 2.10 bits per heavy atom. The van der Waals surface area contributed by atoms with E-state index in [1.807, 2.05) is 27.7 Å². The third kappa shape index (κ3) is 3.19. The number of hydrogen-bond donors (Lipinski definition) is 0. The summed E-state index contributed by atoms with van der Waals surface area (Å²) in [6.07, 6.45) is 5.73. The number of carbonyl (C=O) groups excluding carboxylic acids is 1. The van der Waals surface area contributed by atoms with Crippen LogP contribution in [0.5, 0.6) is 0 Å². The first-order chi connectivity index (χ1) is 9.27. The summed E-state index contributed by atoms with van der Waals surface area (Å²) in [4.78, 5) is 12.0. The van der Waals surface area contributed by atoms with Crippen molar-refractivity contribution < 1.29 is 14.3 Å². The van der Waals surface area contributed by atoms with Gasteiger partial charge in [-0.2, -0.15) is 0 Å². The molecule has 2 rings (SSSR count). The lowest BCUT2D eigenvalue weighted by Crippen LogP contribution is -2.34. The van der Waals surface area contributed by atoms with Crippen LogP contribution in [0.1, 0.15) is 66.7 Å². The smallest absolute Gasteiger partial charge is 0.313 e. The summed E-state index contributed by atoms with van der Waals surface area (Å²) >= 11 is 0. The fourth-order valence-electron chi connectivity index (χ4n) is 3.69. The highest BCUT2D eigenvalue weighted by molar-refractivity contribution is 5.75. The predicted molar refractivity (Wildman–Crippen MR) is 79.1 cm³/mol. The van der Waals surface area contributed by atoms with Gasteiger partial charge in [0.05, 0.1) is 12.0 Å². The third-order valence-corrected chi connectivity index (χ3v) is 5.64. The van der Waals surface area contributed by atoms with Gasteiger partial charge in [0.2, 0.25) is 0 Å². The van der Waals surface area contributed by atoms with Gasteiger partial charge >= 0.3 is 5.97 Å². The highest BCUT2D eigenvalue weighted by Gasteiger charge is 2.48. The molecule has 0 N–H and O–H groups in total. The Kier molecular flexibility index (Phi) is 4.48. The third-order valence-electron chi connectivity index (χ3n) is 5.64. The van der Waals surface area contributed by atoms with Crippen LogP contribution in [0.3, 0.4) is 0 Å². The molecule has 2 aliphatic carbocycles. The Hall–Kier alpha value is -0.570. The second-order valence-electron chi connectivity index (χ2n) is 7.76. The average molecular weight is 282 g/mol. The zero-order valence-electron chi connectivity index (χ0n) is 13.7. The second kappa shape index (κ2) is 5.67. The lowest BCUT2D eigenvalue weighted by Gasteiger charge is -2.34. The molecule has 2 aliphatic rings. The molecular weight excluding hydrogens is 252 g/mol. The van der Waals surface area contributed by atoms with Crippen molar-refractivity contribution in [2.45, 2.75) is 73.0 Å². The highest BCUT2D eigenvalue weighted by Crippen LogP contribution is 2.55. The first-order valence-corrected chi connectivity index (χ1v) is 8.09. The highest BCUT2D eigenvalue weighted by atomic mass is 16.7. The van der Waals surface area contributed by atoms with E-state index in [9.17, 15) is 4.79 Å². The molecule has 3 nitrogen and oxygen atoms in total. The van der Waals surface area contributed by atoms with E-state index in [0.717, 1.165) is 24.9 Å². The largest absolute Gasteiger partial charge is 0.436 e. The summed E-state index contributed by atoms with van der Waals surface area (Å²) in [6, 6.07) is 0. The molecule has 0 heterocycles. The fourth-order valence-corrected chi connectivity index (χ4v) is 3.69. The van der Waals surface area contributed by atoms with Crippen LogP contribution < -0.4 is 0 Å². The van der Waals surface area contributed by atoms with Gasteiger partial charge in [0.15, 0.2) is 6.29 Å². The molecule has 4 atom stereocenters. The molecule has 2 fully saturated rings. The van der Waals surface area contributed by atoms with Crippen LogP contribution in [-0.2, 0) is 14.3 Å². The maximum Gasteiger partial charge on any atom is 0.313 e. The summed E-state index contributed by atoms with van der Waals surface area (Å²) in [7, 11) is 0. The zero-order valence-corrected chi connectivity index (χ0v) is 13.7. The lowest BCUT2D eigenvalue weighted by molar-refractivity contribution is -0.191. The van der Waals surface area contributed by atoms with Crippen LogP contribution in [0, 0.1) is 22.7 Å². The monoisotopic (exact) mass is 282 g/mol. The molecule has 0 aromatic rings. The van der Waals surface area contributed by atoms with Crippen LogP contribution in [0.15, 0.2) is 0 Å². The number of ether oxygens (including phenoxy) is 2. The summed E-state index contributed by atoms with van der Waals surface area (Å²) < 4.78 is 11.3. The number of rotatable bonds is 6. The minimum atomic E-state index is -0.440. The number of hydrogen-bond acceptors (Lipinski definition) is 3. The van der Waals surface area contributed by atoms with Crippen molar-refractivity contribution >= 4 is 5.97 Å². The second-order valence-corrected chi connectivity index (χ2v) is 7.76. The summed E-state index contributed by atoms with van der Waals surface area (Å²) in [6.45, 7) is 10.7. The van der Waals surface area contributed by atoms with E-state index in [1.54, 1.807) is 0 Å². The number of esters is 1. The fraction of sp³-hybridized carbons (Fsp3) is 0.941. The van der Waals surface area contributed by atoms with Gasteiger partial charge in [-0.3, -0.25) is 4.79 Å². The van der Waals surface area contributed by atoms with E-state index < -0.39 is 11.7 Å². The van der Waals surface area contributed by atoms with Crippen LogP contribution in [0.4, 0.5) is 0 Å². The van der Waals surface area contributed by atoms with Crippen molar-refractivity contribution in [1.29, 1.82) is 0 Å². The Morgan fingerprint density at radius 1 is 1.40 bits per heavy atom. The molecule has 0 aliphatic heterocycles. The maximum absolute atomic E-state index is 12.0. The van der Waals surface area contributed by atoms with E-state index in [1.165, 1.54) is 25.7 Å². The van der Waals surface area contributed by atoms with Gasteiger partial charge in [-0.05, 0) is 63.7 Å². The van der Waals surface area contributed by atoms with Gasteiger partial charge < -0.3 is 9.47 Å². The molecule has 2 bridgehead atoms. The number of fused-ring (bicyclic) bond motifs is 2. The quantitative estimate of drug-likeness (QED) is 0.542. The standard InChI is InChI=1S/C17H30O3/c1-6-16(3,4)15(18)20-12(2)19-11-17(5)10-13-7-8-14(17)9-13/h12-14H,6-11H2,1-5H3. The van der Waals surface area contributed by atoms with Crippen LogP contribution in [0.25, 0.3) is 0 Å². The first kappa shape index (κ1) is 15.8. The minimum Gasteiger partial charge on any atom is -0.436 e. The lowest BCUT2D eigenvalue weighted by atomic mass is 9.75. The van der Waals surface area contributed by atoms with E-state index in [-0.39, 0.29) is 5.97 Å². The van der Waals surface area contributed by atoms with Crippen molar-refractivity contribution in [2.75, 3.05) is 6.61 Å². The molecule has 3 heteroatoms. The molecule has 20 heavy (non-hydrogen) atoms. The molecule has 0 amide bonds. The van der Waals surface area contributed by atoms with Gasteiger partial charge in [-0.25, -0.2) is 0 Å². The molecule has 0 spiro atoms. The van der Waals surface area contributed by atoms with Crippen molar-refractivity contribution in [3.63, 3.8) is 0 Å². The first-order valence-electron chi connectivity index (χ1n) is 8.09. The molecule has 0 aromatic carbocycles. The molecule has 116 valence electrons. The van der Waals surface area contributed by atoms with Gasteiger partial charge in [0.1, 0.15) is 0 Å². The summed E-state index contributed by atoms with van der Waals surface area (Å²) in [5.74, 6) is 1.55. The molecule has 4 unspecified atom stereocenters. The molecule has 0 radical (unpaired) electrons. The van der Waals surface area contributed by atoms with E-state index in [0.29, 0.717) is 5.41 Å². The maximum atomic E-state index is 12.0. The molecular formula is C17H30O3. The van der Waals surface area contributed by atoms with Gasteiger partial charge in [0, 0.05) is 0 Å². The zero-order chi connectivity index (χ0) is 15.0. The molecule has 2 saturated carbocycles. The van der Waals surface area contributed by atoms with Gasteiger partial charge in [0.25, 0.3) is 0 Å². The van der Waals surface area contributed by atoms with E-state index in [2.05, 4.69) is 6.92 Å². The average Bonchev–Trinajstić information content (AvgIpc) is 2.96. The van der Waals surface area contributed by atoms with Crippen LogP contribution in [0.2, 0.25) is 0 Å². The van der Waals surface area contributed by atoms with Crippen molar-refractivity contribution in [3.05, 3.63) is 0 Å². The van der Waals surface area contributed by atoms with E-state index >= 15 is 0 Å². The Balaban J connectivity index is 1.78. The summed E-state index contributed by atoms with van der Waals surface area (Å²) in [5, 5.41) is 0. The van der Waals surface area contributed by atoms with Crippen LogP contribution in [-0.4, -0.2) is 18.9 Å².